The molecule has 0 bridgehead atoms. The Labute approximate surface area is 139 Å². The second-order valence-electron chi connectivity index (χ2n) is 6.68. The molecule has 0 spiro atoms. The third-order valence-electron chi connectivity index (χ3n) is 5.26. The summed E-state index contributed by atoms with van der Waals surface area (Å²) in [7, 11) is 2.10. The molecule has 1 aliphatic carbocycles. The van der Waals surface area contributed by atoms with Crippen molar-refractivity contribution in [3.8, 4) is 22.3 Å². The van der Waals surface area contributed by atoms with Crippen molar-refractivity contribution in [3.05, 3.63) is 66.7 Å². The van der Waals surface area contributed by atoms with Gasteiger partial charge in [-0.05, 0) is 39.6 Å². The number of fused-ring (bicyclic) bond motifs is 7. The van der Waals surface area contributed by atoms with Crippen molar-refractivity contribution in [2.75, 3.05) is 0 Å². The lowest BCUT2D eigenvalue weighted by molar-refractivity contribution is 0.670. The molecule has 0 saturated carbocycles. The minimum Gasteiger partial charge on any atom is -0.455 e. The zero-order valence-corrected chi connectivity index (χ0v) is 13.3. The molecule has 6 rings (SSSR count). The summed E-state index contributed by atoms with van der Waals surface area (Å²) in [5.74, 6) is 0. The standard InChI is InChI=1S/C22H13BO/c23-13-7-8-14-17-10-9-16-15-5-1-3-12-4-2-6-18(20(12)15)21(16)22(17)24-19(14)11-13/h1-11H,23H2. The first-order valence-corrected chi connectivity index (χ1v) is 8.29. The van der Waals surface area contributed by atoms with E-state index in [0.717, 1.165) is 11.2 Å². The summed E-state index contributed by atoms with van der Waals surface area (Å²) in [5.41, 5.74) is 8.34. The van der Waals surface area contributed by atoms with Gasteiger partial charge in [-0.2, -0.15) is 0 Å². The Morgan fingerprint density at radius 2 is 1.50 bits per heavy atom. The van der Waals surface area contributed by atoms with Crippen molar-refractivity contribution in [2.24, 2.45) is 0 Å². The Balaban J connectivity index is 1.86. The van der Waals surface area contributed by atoms with Crippen molar-refractivity contribution in [1.82, 2.24) is 0 Å². The summed E-state index contributed by atoms with van der Waals surface area (Å²) >= 11 is 0. The van der Waals surface area contributed by atoms with Crippen LogP contribution in [0.15, 0.2) is 71.1 Å². The lowest BCUT2D eigenvalue weighted by Gasteiger charge is -2.02. The summed E-state index contributed by atoms with van der Waals surface area (Å²) in [6.07, 6.45) is 0. The van der Waals surface area contributed by atoms with Gasteiger partial charge in [-0.15, -0.1) is 0 Å². The fourth-order valence-electron chi connectivity index (χ4n) is 4.21. The average molecular weight is 304 g/mol. The Hall–Kier alpha value is -3.00. The van der Waals surface area contributed by atoms with Crippen molar-refractivity contribution in [3.63, 3.8) is 0 Å². The molecule has 0 unspecified atom stereocenters. The normalized spacial score (nSPS) is 12.3. The van der Waals surface area contributed by atoms with Crippen LogP contribution >= 0.6 is 0 Å². The van der Waals surface area contributed by atoms with Gasteiger partial charge in [-0.1, -0.05) is 60.1 Å². The van der Waals surface area contributed by atoms with Gasteiger partial charge in [-0.3, -0.25) is 0 Å². The molecular formula is C22H13BO. The lowest BCUT2D eigenvalue weighted by atomic mass is 9.95. The van der Waals surface area contributed by atoms with E-state index >= 15 is 0 Å². The first-order chi connectivity index (χ1) is 11.8. The predicted octanol–water partition coefficient (Wildman–Crippen LogP) is 4.65. The van der Waals surface area contributed by atoms with Gasteiger partial charge in [0.1, 0.15) is 19.0 Å². The van der Waals surface area contributed by atoms with Gasteiger partial charge in [-0.25, -0.2) is 0 Å². The van der Waals surface area contributed by atoms with E-state index in [9.17, 15) is 0 Å². The van der Waals surface area contributed by atoms with Crippen LogP contribution < -0.4 is 5.46 Å². The number of hydrogen-bond donors (Lipinski definition) is 0. The molecule has 0 N–H and O–H groups in total. The van der Waals surface area contributed by atoms with E-state index in [1.54, 1.807) is 0 Å². The molecule has 4 aromatic carbocycles. The maximum Gasteiger partial charge on any atom is 0.143 e. The highest BCUT2D eigenvalue weighted by molar-refractivity contribution is 6.33. The quantitative estimate of drug-likeness (QED) is 0.372. The van der Waals surface area contributed by atoms with Crippen LogP contribution in [0.3, 0.4) is 0 Å². The highest BCUT2D eigenvalue weighted by atomic mass is 16.3. The van der Waals surface area contributed by atoms with Crippen molar-refractivity contribution >= 4 is 46.0 Å². The SMILES string of the molecule is Bc1ccc2c(c1)oc1c3c(ccc12)-c1cccc2cccc-3c12. The lowest BCUT2D eigenvalue weighted by Crippen LogP contribution is -1.98. The number of rotatable bonds is 0. The Morgan fingerprint density at radius 1 is 0.708 bits per heavy atom. The van der Waals surface area contributed by atoms with Crippen LogP contribution in [0.5, 0.6) is 0 Å². The van der Waals surface area contributed by atoms with Gasteiger partial charge in [0.25, 0.3) is 0 Å². The molecule has 0 amide bonds. The third-order valence-corrected chi connectivity index (χ3v) is 5.26. The van der Waals surface area contributed by atoms with Gasteiger partial charge < -0.3 is 4.42 Å². The summed E-state index contributed by atoms with van der Waals surface area (Å²) < 4.78 is 6.34. The first-order valence-electron chi connectivity index (χ1n) is 8.29. The van der Waals surface area contributed by atoms with Crippen LogP contribution in [-0.2, 0) is 0 Å². The molecule has 1 aliphatic rings. The Kier molecular flexibility index (Phi) is 2.12. The molecule has 0 atom stereocenters. The average Bonchev–Trinajstić information content (AvgIpc) is 3.12. The molecule has 1 heterocycles. The smallest absolute Gasteiger partial charge is 0.143 e. The summed E-state index contributed by atoms with van der Waals surface area (Å²) in [6, 6.07) is 24.0. The van der Waals surface area contributed by atoms with Crippen LogP contribution in [0, 0.1) is 0 Å². The van der Waals surface area contributed by atoms with Crippen molar-refractivity contribution < 1.29 is 4.42 Å². The van der Waals surface area contributed by atoms with Gasteiger partial charge in [0, 0.05) is 16.3 Å². The zero-order valence-electron chi connectivity index (χ0n) is 13.3. The Bertz CT molecular complexity index is 1310. The van der Waals surface area contributed by atoms with Gasteiger partial charge in [0.2, 0.25) is 0 Å². The highest BCUT2D eigenvalue weighted by Gasteiger charge is 2.25. The maximum atomic E-state index is 6.34. The number of hydrogen-bond acceptors (Lipinski definition) is 1. The van der Waals surface area contributed by atoms with E-state index in [-0.39, 0.29) is 0 Å². The van der Waals surface area contributed by atoms with Crippen molar-refractivity contribution in [1.29, 1.82) is 0 Å². The molecule has 0 aliphatic heterocycles. The monoisotopic (exact) mass is 304 g/mol. The minimum atomic E-state index is 0.974. The molecule has 2 heteroatoms. The fraction of sp³-hybridized carbons (Fsp3) is 0. The fourth-order valence-corrected chi connectivity index (χ4v) is 4.21. The second kappa shape index (κ2) is 4.10. The number of benzene rings is 4. The van der Waals surface area contributed by atoms with Gasteiger partial charge in [0.05, 0.1) is 0 Å². The molecule has 1 nitrogen and oxygen atoms in total. The van der Waals surface area contributed by atoms with Crippen LogP contribution in [0.2, 0.25) is 0 Å². The van der Waals surface area contributed by atoms with Crippen molar-refractivity contribution in [2.45, 2.75) is 0 Å². The van der Waals surface area contributed by atoms with Crippen LogP contribution in [0.1, 0.15) is 0 Å². The molecular weight excluding hydrogens is 291 g/mol. The van der Waals surface area contributed by atoms with Crippen LogP contribution in [0.4, 0.5) is 0 Å². The maximum absolute atomic E-state index is 6.34. The van der Waals surface area contributed by atoms with Crippen LogP contribution in [-0.4, -0.2) is 7.85 Å². The van der Waals surface area contributed by atoms with Crippen LogP contribution in [0.25, 0.3) is 55.0 Å². The molecule has 110 valence electrons. The molecule has 0 saturated heterocycles. The largest absolute Gasteiger partial charge is 0.455 e. The van der Waals surface area contributed by atoms with Gasteiger partial charge in [0.15, 0.2) is 0 Å². The van der Waals surface area contributed by atoms with E-state index in [4.69, 9.17) is 4.42 Å². The molecule has 1 aromatic heterocycles. The summed E-state index contributed by atoms with van der Waals surface area (Å²) in [5, 5.41) is 5.04. The zero-order chi connectivity index (χ0) is 15.8. The molecule has 24 heavy (non-hydrogen) atoms. The third kappa shape index (κ3) is 1.37. The minimum absolute atomic E-state index is 0.974. The topological polar surface area (TPSA) is 13.1 Å². The highest BCUT2D eigenvalue weighted by Crippen LogP contribution is 2.51. The van der Waals surface area contributed by atoms with E-state index in [2.05, 4.69) is 74.6 Å². The Morgan fingerprint density at radius 3 is 2.38 bits per heavy atom. The van der Waals surface area contributed by atoms with E-state index in [0.29, 0.717) is 0 Å². The molecule has 5 aromatic rings. The van der Waals surface area contributed by atoms with E-state index in [1.807, 2.05) is 0 Å². The number of furan rings is 1. The predicted molar refractivity (Wildman–Crippen MR) is 104 cm³/mol. The van der Waals surface area contributed by atoms with Gasteiger partial charge >= 0.3 is 0 Å². The summed E-state index contributed by atoms with van der Waals surface area (Å²) in [6.45, 7) is 0. The van der Waals surface area contributed by atoms with E-state index < -0.39 is 0 Å². The van der Waals surface area contributed by atoms with E-state index in [1.165, 1.54) is 49.3 Å². The second-order valence-corrected chi connectivity index (χ2v) is 6.68. The first kappa shape index (κ1) is 12.4. The molecule has 0 fully saturated rings. The molecule has 0 radical (unpaired) electrons. The summed E-state index contributed by atoms with van der Waals surface area (Å²) in [4.78, 5) is 0.